The maximum absolute atomic E-state index is 12.6. The SMILES string of the molecule is CCOc1ccc(N2CC(C(=O)Nc3ccc(OC(C)C)cc3)CC2=O)cc1. The smallest absolute Gasteiger partial charge is 0.229 e. The molecule has 0 aromatic heterocycles. The number of hydrogen-bond donors (Lipinski definition) is 1. The van der Waals surface area contributed by atoms with Crippen molar-refractivity contribution >= 4 is 23.2 Å². The van der Waals surface area contributed by atoms with E-state index in [4.69, 9.17) is 9.47 Å². The zero-order valence-corrected chi connectivity index (χ0v) is 16.5. The summed E-state index contributed by atoms with van der Waals surface area (Å²) < 4.78 is 11.0. The van der Waals surface area contributed by atoms with Gasteiger partial charge in [-0.15, -0.1) is 0 Å². The Hall–Kier alpha value is -3.02. The highest BCUT2D eigenvalue weighted by Gasteiger charge is 2.35. The van der Waals surface area contributed by atoms with Crippen molar-refractivity contribution in [3.05, 3.63) is 48.5 Å². The molecular weight excluding hydrogens is 356 g/mol. The van der Waals surface area contributed by atoms with E-state index in [1.165, 1.54) is 0 Å². The standard InChI is InChI=1S/C22H26N2O4/c1-4-27-19-11-7-18(8-12-19)24-14-16(13-21(24)25)22(26)23-17-5-9-20(10-6-17)28-15(2)3/h5-12,15-16H,4,13-14H2,1-3H3,(H,23,26). The lowest BCUT2D eigenvalue weighted by Crippen LogP contribution is -2.28. The van der Waals surface area contributed by atoms with Crippen molar-refractivity contribution in [3.8, 4) is 11.5 Å². The Morgan fingerprint density at radius 2 is 1.75 bits per heavy atom. The van der Waals surface area contributed by atoms with Crippen LogP contribution < -0.4 is 19.7 Å². The van der Waals surface area contributed by atoms with Gasteiger partial charge in [-0.3, -0.25) is 9.59 Å². The predicted octanol–water partition coefficient (Wildman–Crippen LogP) is 3.86. The van der Waals surface area contributed by atoms with E-state index in [9.17, 15) is 9.59 Å². The van der Waals surface area contributed by atoms with Gasteiger partial charge in [0.25, 0.3) is 0 Å². The fraction of sp³-hybridized carbons (Fsp3) is 0.364. The first-order chi connectivity index (χ1) is 13.5. The summed E-state index contributed by atoms with van der Waals surface area (Å²) in [6.45, 7) is 6.81. The minimum absolute atomic E-state index is 0.0509. The number of carbonyl (C=O) groups excluding carboxylic acids is 2. The number of benzene rings is 2. The Balaban J connectivity index is 1.60. The van der Waals surface area contributed by atoms with Crippen molar-refractivity contribution < 1.29 is 19.1 Å². The van der Waals surface area contributed by atoms with E-state index in [1.807, 2.05) is 57.2 Å². The minimum atomic E-state index is -0.384. The largest absolute Gasteiger partial charge is 0.494 e. The molecule has 1 fully saturated rings. The molecule has 0 spiro atoms. The van der Waals surface area contributed by atoms with Gasteiger partial charge in [0.15, 0.2) is 0 Å². The first-order valence-corrected chi connectivity index (χ1v) is 9.57. The highest BCUT2D eigenvalue weighted by Crippen LogP contribution is 2.28. The van der Waals surface area contributed by atoms with Gasteiger partial charge in [0.05, 0.1) is 18.6 Å². The monoisotopic (exact) mass is 382 g/mol. The molecule has 28 heavy (non-hydrogen) atoms. The highest BCUT2D eigenvalue weighted by molar-refractivity contribution is 6.03. The van der Waals surface area contributed by atoms with Crippen molar-refractivity contribution in [1.82, 2.24) is 0 Å². The van der Waals surface area contributed by atoms with E-state index < -0.39 is 0 Å². The number of anilines is 2. The molecule has 3 rings (SSSR count). The van der Waals surface area contributed by atoms with Gasteiger partial charge in [-0.1, -0.05) is 0 Å². The van der Waals surface area contributed by atoms with Gasteiger partial charge in [0, 0.05) is 24.3 Å². The number of ether oxygens (including phenoxy) is 2. The molecule has 1 unspecified atom stereocenters. The molecule has 2 amide bonds. The van der Waals surface area contributed by atoms with E-state index >= 15 is 0 Å². The number of amides is 2. The third-order valence-corrected chi connectivity index (χ3v) is 4.45. The van der Waals surface area contributed by atoms with Crippen LogP contribution in [0.15, 0.2) is 48.5 Å². The lowest BCUT2D eigenvalue weighted by Gasteiger charge is -2.17. The summed E-state index contributed by atoms with van der Waals surface area (Å²) in [5, 5.41) is 2.89. The average Bonchev–Trinajstić information content (AvgIpc) is 3.06. The van der Waals surface area contributed by atoms with Crippen molar-refractivity contribution in [2.75, 3.05) is 23.4 Å². The number of carbonyl (C=O) groups is 2. The van der Waals surface area contributed by atoms with Gasteiger partial charge < -0.3 is 19.7 Å². The summed E-state index contributed by atoms with van der Waals surface area (Å²) in [4.78, 5) is 26.6. The van der Waals surface area contributed by atoms with E-state index in [2.05, 4.69) is 5.32 Å². The molecule has 2 aromatic rings. The predicted molar refractivity (Wildman–Crippen MR) is 109 cm³/mol. The molecule has 1 heterocycles. The molecule has 1 aliphatic rings. The summed E-state index contributed by atoms with van der Waals surface area (Å²) in [7, 11) is 0. The van der Waals surface area contributed by atoms with Crippen LogP contribution >= 0.6 is 0 Å². The Morgan fingerprint density at radius 1 is 1.11 bits per heavy atom. The molecule has 0 saturated carbocycles. The normalized spacial score (nSPS) is 16.4. The van der Waals surface area contributed by atoms with Gasteiger partial charge in [-0.2, -0.15) is 0 Å². The summed E-state index contributed by atoms with van der Waals surface area (Å²) in [5.74, 6) is 0.928. The van der Waals surface area contributed by atoms with Gasteiger partial charge in [0.2, 0.25) is 11.8 Å². The molecule has 0 aliphatic carbocycles. The maximum Gasteiger partial charge on any atom is 0.229 e. The van der Waals surface area contributed by atoms with Crippen LogP contribution in [0.4, 0.5) is 11.4 Å². The topological polar surface area (TPSA) is 67.9 Å². The van der Waals surface area contributed by atoms with Crippen LogP contribution in [0.3, 0.4) is 0 Å². The highest BCUT2D eigenvalue weighted by atomic mass is 16.5. The van der Waals surface area contributed by atoms with Gasteiger partial charge in [-0.25, -0.2) is 0 Å². The molecule has 0 radical (unpaired) electrons. The van der Waals surface area contributed by atoms with Crippen molar-refractivity contribution in [2.45, 2.75) is 33.3 Å². The maximum atomic E-state index is 12.6. The summed E-state index contributed by atoms with van der Waals surface area (Å²) in [6.07, 6.45) is 0.298. The van der Waals surface area contributed by atoms with E-state index in [1.54, 1.807) is 17.0 Å². The molecule has 1 N–H and O–H groups in total. The molecule has 1 atom stereocenters. The molecule has 1 saturated heterocycles. The zero-order valence-electron chi connectivity index (χ0n) is 16.5. The van der Waals surface area contributed by atoms with Gasteiger partial charge >= 0.3 is 0 Å². The fourth-order valence-electron chi connectivity index (χ4n) is 3.16. The molecule has 6 heteroatoms. The molecule has 6 nitrogen and oxygen atoms in total. The van der Waals surface area contributed by atoms with Gasteiger partial charge in [-0.05, 0) is 69.3 Å². The fourth-order valence-corrected chi connectivity index (χ4v) is 3.16. The number of nitrogens with one attached hydrogen (secondary N) is 1. The first kappa shape index (κ1) is 19.7. The van der Waals surface area contributed by atoms with Crippen molar-refractivity contribution in [2.24, 2.45) is 5.92 Å². The number of hydrogen-bond acceptors (Lipinski definition) is 4. The number of rotatable bonds is 7. The third-order valence-electron chi connectivity index (χ3n) is 4.45. The zero-order chi connectivity index (χ0) is 20.1. The third kappa shape index (κ3) is 4.82. The summed E-state index contributed by atoms with van der Waals surface area (Å²) in [5.41, 5.74) is 1.46. The minimum Gasteiger partial charge on any atom is -0.494 e. The second kappa shape index (κ2) is 8.78. The first-order valence-electron chi connectivity index (χ1n) is 9.57. The molecule has 1 aliphatic heterocycles. The van der Waals surface area contributed by atoms with Crippen LogP contribution in [-0.4, -0.2) is 31.1 Å². The number of nitrogens with zero attached hydrogens (tertiary/aromatic N) is 1. The van der Waals surface area contributed by atoms with Crippen LogP contribution in [0.2, 0.25) is 0 Å². The van der Waals surface area contributed by atoms with E-state index in [0.717, 1.165) is 17.2 Å². The molecule has 0 bridgehead atoms. The van der Waals surface area contributed by atoms with Crippen LogP contribution in [0.25, 0.3) is 0 Å². The lowest BCUT2D eigenvalue weighted by molar-refractivity contribution is -0.122. The van der Waals surface area contributed by atoms with Crippen LogP contribution in [0, 0.1) is 5.92 Å². The van der Waals surface area contributed by atoms with E-state index in [-0.39, 0.29) is 30.3 Å². The van der Waals surface area contributed by atoms with Crippen molar-refractivity contribution in [1.29, 1.82) is 0 Å². The lowest BCUT2D eigenvalue weighted by atomic mass is 10.1. The second-order valence-corrected chi connectivity index (χ2v) is 7.01. The van der Waals surface area contributed by atoms with Crippen molar-refractivity contribution in [3.63, 3.8) is 0 Å². The van der Waals surface area contributed by atoms with Gasteiger partial charge in [0.1, 0.15) is 11.5 Å². The molecule has 148 valence electrons. The molecular formula is C22H26N2O4. The second-order valence-electron chi connectivity index (χ2n) is 7.01. The average molecular weight is 382 g/mol. The Labute approximate surface area is 165 Å². The van der Waals surface area contributed by atoms with Crippen LogP contribution in [0.5, 0.6) is 11.5 Å². The van der Waals surface area contributed by atoms with Crippen LogP contribution in [0.1, 0.15) is 27.2 Å². The molecule has 2 aromatic carbocycles. The Morgan fingerprint density at radius 3 is 2.36 bits per heavy atom. The summed E-state index contributed by atoms with van der Waals surface area (Å²) in [6, 6.07) is 14.6. The van der Waals surface area contributed by atoms with Crippen LogP contribution in [-0.2, 0) is 9.59 Å². The van der Waals surface area contributed by atoms with E-state index in [0.29, 0.717) is 18.8 Å². The Kier molecular flexibility index (Phi) is 6.19. The summed E-state index contributed by atoms with van der Waals surface area (Å²) >= 11 is 0. The quantitative estimate of drug-likeness (QED) is 0.789. The Bertz CT molecular complexity index is 815.